The number of β-amino-alcohol motifs (C(OH)–C–C–N with tert-alkyl or cyclic N) is 1. The van der Waals surface area contributed by atoms with E-state index in [0.717, 1.165) is 24.9 Å². The molecule has 1 unspecified atom stereocenters. The van der Waals surface area contributed by atoms with E-state index in [0.29, 0.717) is 6.54 Å². The summed E-state index contributed by atoms with van der Waals surface area (Å²) in [5, 5.41) is 10.00. The fraction of sp³-hybridized carbons (Fsp3) is 0.438. The molecule has 1 saturated heterocycles. The lowest BCUT2D eigenvalue weighted by molar-refractivity contribution is -0.132. The molecule has 0 bridgehead atoms. The second-order valence-corrected chi connectivity index (χ2v) is 5.61. The number of carbonyl (C=O) groups is 1. The molecule has 0 aromatic heterocycles. The summed E-state index contributed by atoms with van der Waals surface area (Å²) < 4.78 is 0. The van der Waals surface area contributed by atoms with Crippen LogP contribution in [0.15, 0.2) is 30.3 Å². The molecule has 102 valence electrons. The van der Waals surface area contributed by atoms with Gasteiger partial charge in [0, 0.05) is 19.2 Å². The molecule has 19 heavy (non-hydrogen) atoms. The fourth-order valence-electron chi connectivity index (χ4n) is 2.45. The van der Waals surface area contributed by atoms with Crippen molar-refractivity contribution in [1.29, 1.82) is 0 Å². The Morgan fingerprint density at radius 3 is 2.95 bits per heavy atom. The topological polar surface area (TPSA) is 40.5 Å². The number of likely N-dealkylation sites (tertiary alicyclic amines) is 1. The highest BCUT2D eigenvalue weighted by atomic mass is 16.3. The Balaban J connectivity index is 2.01. The van der Waals surface area contributed by atoms with Crippen molar-refractivity contribution in [2.45, 2.75) is 32.3 Å². The lowest BCUT2D eigenvalue weighted by Crippen LogP contribution is -2.48. The number of nitrogens with zero attached hydrogens (tertiary/aromatic N) is 1. The van der Waals surface area contributed by atoms with Gasteiger partial charge in [0.2, 0.25) is 5.91 Å². The Kier molecular flexibility index (Phi) is 4.05. The quantitative estimate of drug-likeness (QED) is 0.828. The molecule has 1 aliphatic rings. The van der Waals surface area contributed by atoms with Gasteiger partial charge in [0.05, 0.1) is 5.60 Å². The van der Waals surface area contributed by atoms with Crippen molar-refractivity contribution in [2.24, 2.45) is 0 Å². The number of hydrogen-bond acceptors (Lipinski definition) is 2. The van der Waals surface area contributed by atoms with Gasteiger partial charge in [-0.3, -0.25) is 4.79 Å². The highest BCUT2D eigenvalue weighted by molar-refractivity contribution is 5.91. The molecule has 1 fully saturated rings. The smallest absolute Gasteiger partial charge is 0.246 e. The van der Waals surface area contributed by atoms with Gasteiger partial charge in [-0.2, -0.15) is 0 Å². The van der Waals surface area contributed by atoms with Gasteiger partial charge >= 0.3 is 0 Å². The van der Waals surface area contributed by atoms with E-state index in [1.165, 1.54) is 5.56 Å². The number of hydrogen-bond donors (Lipinski definition) is 1. The minimum Gasteiger partial charge on any atom is -0.388 e. The van der Waals surface area contributed by atoms with Crippen LogP contribution in [0.2, 0.25) is 0 Å². The summed E-state index contributed by atoms with van der Waals surface area (Å²) in [6.45, 7) is 4.97. The van der Waals surface area contributed by atoms with Crippen LogP contribution in [0, 0.1) is 6.92 Å². The first kappa shape index (κ1) is 13.8. The maximum atomic E-state index is 12.1. The Labute approximate surface area is 114 Å². The number of amides is 1. The molecule has 1 aromatic rings. The zero-order valence-corrected chi connectivity index (χ0v) is 11.6. The van der Waals surface area contributed by atoms with E-state index in [2.05, 4.69) is 0 Å². The van der Waals surface area contributed by atoms with E-state index in [4.69, 9.17) is 0 Å². The van der Waals surface area contributed by atoms with Crippen molar-refractivity contribution in [3.63, 3.8) is 0 Å². The second kappa shape index (κ2) is 5.57. The molecule has 0 radical (unpaired) electrons. The van der Waals surface area contributed by atoms with Crippen molar-refractivity contribution < 1.29 is 9.90 Å². The van der Waals surface area contributed by atoms with Crippen LogP contribution in [0.1, 0.15) is 30.9 Å². The zero-order valence-electron chi connectivity index (χ0n) is 11.6. The lowest BCUT2D eigenvalue weighted by Gasteiger charge is -2.36. The van der Waals surface area contributed by atoms with Crippen LogP contribution in [-0.2, 0) is 4.79 Å². The summed E-state index contributed by atoms with van der Waals surface area (Å²) in [5.41, 5.74) is 1.46. The van der Waals surface area contributed by atoms with E-state index in [-0.39, 0.29) is 5.91 Å². The first-order valence-corrected chi connectivity index (χ1v) is 6.72. The highest BCUT2D eigenvalue weighted by Gasteiger charge is 2.29. The largest absolute Gasteiger partial charge is 0.388 e. The summed E-state index contributed by atoms with van der Waals surface area (Å²) in [4.78, 5) is 13.8. The van der Waals surface area contributed by atoms with Gasteiger partial charge in [0.15, 0.2) is 0 Å². The number of aryl methyl sites for hydroxylation is 1. The molecule has 3 nitrogen and oxygen atoms in total. The molecule has 1 heterocycles. The van der Waals surface area contributed by atoms with Crippen molar-refractivity contribution in [1.82, 2.24) is 4.90 Å². The molecule has 2 rings (SSSR count). The van der Waals surface area contributed by atoms with Gasteiger partial charge in [-0.1, -0.05) is 29.8 Å². The minimum atomic E-state index is -0.745. The maximum absolute atomic E-state index is 12.1. The minimum absolute atomic E-state index is 0.0264. The normalized spacial score (nSPS) is 23.8. The highest BCUT2D eigenvalue weighted by Crippen LogP contribution is 2.20. The van der Waals surface area contributed by atoms with E-state index in [1.54, 1.807) is 17.9 Å². The van der Waals surface area contributed by atoms with Gasteiger partial charge < -0.3 is 10.0 Å². The van der Waals surface area contributed by atoms with Crippen molar-refractivity contribution in [3.05, 3.63) is 41.5 Å². The number of rotatable bonds is 2. The third-order valence-electron chi connectivity index (χ3n) is 3.45. The van der Waals surface area contributed by atoms with E-state index < -0.39 is 5.60 Å². The maximum Gasteiger partial charge on any atom is 0.246 e. The molecule has 3 heteroatoms. The van der Waals surface area contributed by atoms with Crippen LogP contribution in [0.4, 0.5) is 0 Å². The Morgan fingerprint density at radius 2 is 2.26 bits per heavy atom. The predicted molar refractivity (Wildman–Crippen MR) is 76.7 cm³/mol. The molecule has 0 spiro atoms. The van der Waals surface area contributed by atoms with Crippen molar-refractivity contribution in [2.75, 3.05) is 13.1 Å². The van der Waals surface area contributed by atoms with Gasteiger partial charge in [-0.25, -0.2) is 0 Å². The monoisotopic (exact) mass is 259 g/mol. The molecule has 1 aromatic carbocycles. The Hall–Kier alpha value is -1.61. The molecule has 0 aliphatic carbocycles. The van der Waals surface area contributed by atoms with Crippen LogP contribution in [0.25, 0.3) is 6.08 Å². The Morgan fingerprint density at radius 1 is 1.47 bits per heavy atom. The molecule has 1 aliphatic heterocycles. The molecule has 0 saturated carbocycles. The van der Waals surface area contributed by atoms with Gasteiger partial charge in [0.25, 0.3) is 0 Å². The van der Waals surface area contributed by atoms with Crippen LogP contribution >= 0.6 is 0 Å². The lowest BCUT2D eigenvalue weighted by atomic mass is 9.95. The van der Waals surface area contributed by atoms with Crippen molar-refractivity contribution in [3.8, 4) is 0 Å². The summed E-state index contributed by atoms with van der Waals surface area (Å²) in [5.74, 6) is -0.0264. The van der Waals surface area contributed by atoms with Crippen LogP contribution in [-0.4, -0.2) is 34.6 Å². The van der Waals surface area contributed by atoms with Crippen LogP contribution in [0.3, 0.4) is 0 Å². The van der Waals surface area contributed by atoms with Crippen LogP contribution < -0.4 is 0 Å². The van der Waals surface area contributed by atoms with E-state index in [1.807, 2.05) is 37.3 Å². The Bertz CT molecular complexity index is 491. The average Bonchev–Trinajstić information content (AvgIpc) is 2.35. The number of carbonyl (C=O) groups excluding carboxylic acids is 1. The van der Waals surface area contributed by atoms with E-state index in [9.17, 15) is 9.90 Å². The first-order chi connectivity index (χ1) is 8.96. The molecule has 1 amide bonds. The predicted octanol–water partition coefficient (Wildman–Crippen LogP) is 2.38. The third-order valence-corrected chi connectivity index (χ3v) is 3.45. The summed E-state index contributed by atoms with van der Waals surface area (Å²) in [7, 11) is 0. The SMILES string of the molecule is Cc1cccc(/C=C/C(=O)N2CCCC(C)(O)C2)c1. The molecular weight excluding hydrogens is 238 g/mol. The van der Waals surface area contributed by atoms with Crippen LogP contribution in [0.5, 0.6) is 0 Å². The summed E-state index contributed by atoms with van der Waals surface area (Å²) >= 11 is 0. The summed E-state index contributed by atoms with van der Waals surface area (Å²) in [6.07, 6.45) is 5.05. The van der Waals surface area contributed by atoms with Gasteiger partial charge in [-0.15, -0.1) is 0 Å². The molecule has 1 N–H and O–H groups in total. The standard InChI is InChI=1S/C16H21NO2/c1-13-5-3-6-14(11-13)7-8-15(18)17-10-4-9-16(2,19)12-17/h3,5-8,11,19H,4,9-10,12H2,1-2H3/b8-7+. The van der Waals surface area contributed by atoms with Crippen molar-refractivity contribution >= 4 is 12.0 Å². The molecular formula is C16H21NO2. The van der Waals surface area contributed by atoms with Gasteiger partial charge in [0.1, 0.15) is 0 Å². The first-order valence-electron chi connectivity index (χ1n) is 6.72. The zero-order chi connectivity index (χ0) is 13.9. The van der Waals surface area contributed by atoms with E-state index >= 15 is 0 Å². The number of benzene rings is 1. The average molecular weight is 259 g/mol. The number of aliphatic hydroxyl groups is 1. The second-order valence-electron chi connectivity index (χ2n) is 5.61. The summed E-state index contributed by atoms with van der Waals surface area (Å²) in [6, 6.07) is 8.02. The third kappa shape index (κ3) is 3.93. The number of piperidine rings is 1. The fourth-order valence-corrected chi connectivity index (χ4v) is 2.45. The van der Waals surface area contributed by atoms with Gasteiger partial charge in [-0.05, 0) is 38.3 Å². The molecule has 1 atom stereocenters.